The third-order valence-corrected chi connectivity index (χ3v) is 3.96. The molecule has 1 aliphatic heterocycles. The summed E-state index contributed by atoms with van der Waals surface area (Å²) in [5, 5.41) is 13.3. The molecule has 2 amide bonds. The molecule has 1 saturated heterocycles. The number of nitrogens with one attached hydrogen (secondary N) is 1. The molecular weight excluding hydrogens is 312 g/mol. The van der Waals surface area contributed by atoms with E-state index in [0.717, 1.165) is 13.0 Å². The van der Waals surface area contributed by atoms with E-state index >= 15 is 0 Å². The summed E-state index contributed by atoms with van der Waals surface area (Å²) < 4.78 is 0. The molecule has 0 bridgehead atoms. The van der Waals surface area contributed by atoms with Gasteiger partial charge in [0.15, 0.2) is 0 Å². The van der Waals surface area contributed by atoms with E-state index in [2.05, 4.69) is 10.2 Å². The van der Waals surface area contributed by atoms with Crippen molar-refractivity contribution in [2.45, 2.75) is 12.8 Å². The number of anilines is 1. The van der Waals surface area contributed by atoms with Crippen LogP contribution in [0, 0.1) is 16.0 Å². The van der Waals surface area contributed by atoms with Crippen molar-refractivity contribution in [1.29, 1.82) is 0 Å². The molecule has 24 heavy (non-hydrogen) atoms. The van der Waals surface area contributed by atoms with E-state index in [1.54, 1.807) is 4.90 Å². The van der Waals surface area contributed by atoms with Crippen LogP contribution in [0.5, 0.6) is 0 Å². The highest BCUT2D eigenvalue weighted by atomic mass is 16.6. The van der Waals surface area contributed by atoms with Crippen molar-refractivity contribution in [3.8, 4) is 0 Å². The Morgan fingerprint density at radius 3 is 2.62 bits per heavy atom. The summed E-state index contributed by atoms with van der Waals surface area (Å²) in [4.78, 5) is 38.2. The van der Waals surface area contributed by atoms with Gasteiger partial charge >= 0.3 is 0 Å². The lowest BCUT2D eigenvalue weighted by Gasteiger charge is -2.18. The molecule has 0 radical (unpaired) electrons. The van der Waals surface area contributed by atoms with Crippen molar-refractivity contribution in [2.75, 3.05) is 39.0 Å². The summed E-state index contributed by atoms with van der Waals surface area (Å²) in [5.41, 5.74) is 0.459. The highest BCUT2D eigenvalue weighted by Crippen LogP contribution is 2.21. The molecule has 1 N–H and O–H groups in total. The smallest absolute Gasteiger partial charge is 0.269 e. The minimum Gasteiger partial charge on any atom is -0.342 e. The first-order valence-corrected chi connectivity index (χ1v) is 7.84. The van der Waals surface area contributed by atoms with Crippen LogP contribution in [0.4, 0.5) is 11.4 Å². The van der Waals surface area contributed by atoms with Gasteiger partial charge in [0.25, 0.3) is 5.69 Å². The molecule has 0 saturated carbocycles. The number of hydrogen-bond acceptors (Lipinski definition) is 5. The molecule has 1 heterocycles. The van der Waals surface area contributed by atoms with Crippen molar-refractivity contribution in [3.63, 3.8) is 0 Å². The number of hydrogen-bond donors (Lipinski definition) is 1. The largest absolute Gasteiger partial charge is 0.342 e. The van der Waals surface area contributed by atoms with Crippen LogP contribution in [0.3, 0.4) is 0 Å². The number of non-ortho nitro benzene ring substituents is 1. The summed E-state index contributed by atoms with van der Waals surface area (Å²) in [6.45, 7) is 1.97. The van der Waals surface area contributed by atoms with Gasteiger partial charge in [-0.05, 0) is 39.2 Å². The number of carbonyl (C=O) groups is 2. The summed E-state index contributed by atoms with van der Waals surface area (Å²) >= 11 is 0. The molecule has 1 aromatic rings. The second kappa shape index (κ2) is 7.87. The normalized spacial score (nSPS) is 17.4. The Morgan fingerprint density at radius 2 is 2.04 bits per heavy atom. The summed E-state index contributed by atoms with van der Waals surface area (Å²) in [5.74, 6) is -0.614. The molecule has 0 spiro atoms. The van der Waals surface area contributed by atoms with E-state index in [-0.39, 0.29) is 29.8 Å². The molecule has 1 aliphatic rings. The predicted molar refractivity (Wildman–Crippen MR) is 89.6 cm³/mol. The third kappa shape index (κ3) is 4.76. The highest BCUT2D eigenvalue weighted by Gasteiger charge is 2.33. The van der Waals surface area contributed by atoms with Gasteiger partial charge < -0.3 is 15.1 Å². The van der Waals surface area contributed by atoms with E-state index in [1.807, 2.05) is 14.1 Å². The lowest BCUT2D eigenvalue weighted by Crippen LogP contribution is -2.30. The monoisotopic (exact) mass is 334 g/mol. The van der Waals surface area contributed by atoms with E-state index in [9.17, 15) is 19.7 Å². The maximum Gasteiger partial charge on any atom is 0.269 e. The number of nitro benzene ring substituents is 1. The number of carbonyl (C=O) groups excluding carboxylic acids is 2. The van der Waals surface area contributed by atoms with Gasteiger partial charge in [-0.2, -0.15) is 0 Å². The Hall–Kier alpha value is -2.48. The first-order valence-electron chi connectivity index (χ1n) is 7.84. The van der Waals surface area contributed by atoms with Crippen LogP contribution in [-0.2, 0) is 9.59 Å². The topological polar surface area (TPSA) is 95.8 Å². The van der Waals surface area contributed by atoms with Gasteiger partial charge in [-0.25, -0.2) is 0 Å². The van der Waals surface area contributed by atoms with Gasteiger partial charge in [-0.3, -0.25) is 19.7 Å². The SMILES string of the molecule is CN(C)CCCN1CC(C(=O)Nc2ccc([N+](=O)[O-])cc2)CC1=O. The Kier molecular flexibility index (Phi) is 5.86. The van der Waals surface area contributed by atoms with Crippen LogP contribution in [0.25, 0.3) is 0 Å². The van der Waals surface area contributed by atoms with E-state index < -0.39 is 4.92 Å². The minimum atomic E-state index is -0.493. The average molecular weight is 334 g/mol. The van der Waals surface area contributed by atoms with Crippen LogP contribution in [-0.4, -0.2) is 60.3 Å². The number of likely N-dealkylation sites (tertiary alicyclic amines) is 1. The third-order valence-electron chi connectivity index (χ3n) is 3.96. The number of rotatable bonds is 7. The number of nitrogens with zero attached hydrogens (tertiary/aromatic N) is 3. The van der Waals surface area contributed by atoms with Crippen molar-refractivity contribution >= 4 is 23.2 Å². The van der Waals surface area contributed by atoms with Crippen LogP contribution in [0.2, 0.25) is 0 Å². The lowest BCUT2D eigenvalue weighted by molar-refractivity contribution is -0.384. The summed E-state index contributed by atoms with van der Waals surface area (Å²) in [6.07, 6.45) is 1.08. The number of nitro groups is 1. The van der Waals surface area contributed by atoms with Crippen molar-refractivity contribution in [1.82, 2.24) is 9.80 Å². The van der Waals surface area contributed by atoms with Crippen LogP contribution < -0.4 is 5.32 Å². The van der Waals surface area contributed by atoms with Crippen molar-refractivity contribution < 1.29 is 14.5 Å². The highest BCUT2D eigenvalue weighted by molar-refractivity contribution is 5.97. The molecule has 130 valence electrons. The first kappa shape index (κ1) is 17.9. The van der Waals surface area contributed by atoms with Crippen LogP contribution in [0.15, 0.2) is 24.3 Å². The standard InChI is InChI=1S/C16H22N4O4/c1-18(2)8-3-9-19-11-12(10-15(19)21)16(22)17-13-4-6-14(7-5-13)20(23)24/h4-7,12H,3,8-11H2,1-2H3,(H,17,22). The molecule has 8 nitrogen and oxygen atoms in total. The Labute approximate surface area is 140 Å². The fraction of sp³-hybridized carbons (Fsp3) is 0.500. The second-order valence-electron chi connectivity index (χ2n) is 6.19. The molecule has 0 aromatic heterocycles. The average Bonchev–Trinajstić information content (AvgIpc) is 2.89. The van der Waals surface area contributed by atoms with Crippen molar-refractivity contribution in [2.24, 2.45) is 5.92 Å². The molecule has 1 atom stereocenters. The quantitative estimate of drug-likeness (QED) is 0.599. The van der Waals surface area contributed by atoms with Crippen LogP contribution >= 0.6 is 0 Å². The minimum absolute atomic E-state index is 0.00222. The molecule has 1 fully saturated rings. The summed E-state index contributed by atoms with van der Waals surface area (Å²) in [7, 11) is 3.96. The van der Waals surface area contributed by atoms with Gasteiger partial charge in [-0.1, -0.05) is 0 Å². The van der Waals surface area contributed by atoms with E-state index in [0.29, 0.717) is 18.8 Å². The molecule has 0 aliphatic carbocycles. The van der Waals surface area contributed by atoms with Gasteiger partial charge in [0.1, 0.15) is 0 Å². The van der Waals surface area contributed by atoms with Crippen molar-refractivity contribution in [3.05, 3.63) is 34.4 Å². The number of amides is 2. The zero-order chi connectivity index (χ0) is 17.7. The van der Waals surface area contributed by atoms with E-state index in [1.165, 1.54) is 24.3 Å². The van der Waals surface area contributed by atoms with Crippen LogP contribution in [0.1, 0.15) is 12.8 Å². The molecular formula is C16H22N4O4. The Bertz CT molecular complexity index is 615. The summed E-state index contributed by atoms with van der Waals surface area (Å²) in [6, 6.07) is 5.65. The van der Waals surface area contributed by atoms with E-state index in [4.69, 9.17) is 0 Å². The molecule has 2 rings (SSSR count). The fourth-order valence-electron chi connectivity index (χ4n) is 2.65. The Morgan fingerprint density at radius 1 is 1.38 bits per heavy atom. The molecule has 1 aromatic carbocycles. The maximum absolute atomic E-state index is 12.3. The Balaban J connectivity index is 1.86. The van der Waals surface area contributed by atoms with Gasteiger partial charge in [0.05, 0.1) is 10.8 Å². The van der Waals surface area contributed by atoms with Gasteiger partial charge in [0.2, 0.25) is 11.8 Å². The first-order chi connectivity index (χ1) is 11.4. The second-order valence-corrected chi connectivity index (χ2v) is 6.19. The zero-order valence-corrected chi connectivity index (χ0v) is 13.9. The lowest BCUT2D eigenvalue weighted by atomic mass is 10.1. The fourth-order valence-corrected chi connectivity index (χ4v) is 2.65. The molecule has 8 heteroatoms. The number of benzene rings is 1. The molecule has 1 unspecified atom stereocenters. The van der Waals surface area contributed by atoms with Gasteiger partial charge in [-0.15, -0.1) is 0 Å². The predicted octanol–water partition coefficient (Wildman–Crippen LogP) is 1.33. The maximum atomic E-state index is 12.3. The zero-order valence-electron chi connectivity index (χ0n) is 13.9. The van der Waals surface area contributed by atoms with Gasteiger partial charge in [0, 0.05) is 37.3 Å².